The molecule has 1 aliphatic rings. The summed E-state index contributed by atoms with van der Waals surface area (Å²) in [5.74, 6) is 1.10. The number of pyridine rings is 1. The number of hydrogen-bond donors (Lipinski definition) is 1. The van der Waals surface area contributed by atoms with Gasteiger partial charge in [0, 0.05) is 31.6 Å². The van der Waals surface area contributed by atoms with Crippen LogP contribution in [0.5, 0.6) is 0 Å². The quantitative estimate of drug-likeness (QED) is 0.839. The Bertz CT molecular complexity index is 495. The molecule has 0 spiro atoms. The van der Waals surface area contributed by atoms with Crippen molar-refractivity contribution in [2.45, 2.75) is 0 Å². The summed E-state index contributed by atoms with van der Waals surface area (Å²) in [6.45, 7) is 4.19. The van der Waals surface area contributed by atoms with Crippen LogP contribution in [0.1, 0.15) is 0 Å². The van der Waals surface area contributed by atoms with Crippen molar-refractivity contribution >= 4 is 29.1 Å². The lowest BCUT2D eigenvalue weighted by Crippen LogP contribution is -2.43. The van der Waals surface area contributed by atoms with Crippen LogP contribution in [0.2, 0.25) is 0 Å². The largest absolute Gasteiger partial charge is 0.354 e. The number of piperazine rings is 1. The average molecular weight is 250 g/mol. The number of para-hydroxylation sites is 1. The molecule has 3 rings (SSSR count). The number of anilines is 1. The van der Waals surface area contributed by atoms with Gasteiger partial charge in [0.1, 0.15) is 5.82 Å². The second-order valence-corrected chi connectivity index (χ2v) is 4.10. The molecule has 2 aromatic rings. The molecule has 1 fully saturated rings. The van der Waals surface area contributed by atoms with E-state index in [2.05, 4.69) is 40.5 Å². The van der Waals surface area contributed by atoms with Crippen LogP contribution < -0.4 is 10.2 Å². The molecule has 1 aromatic carbocycles. The lowest BCUT2D eigenvalue weighted by Gasteiger charge is -2.28. The first-order valence-electron chi connectivity index (χ1n) is 5.75. The van der Waals surface area contributed by atoms with Crippen molar-refractivity contribution in [3.8, 4) is 0 Å². The third-order valence-electron chi connectivity index (χ3n) is 3.02. The predicted octanol–water partition coefficient (Wildman–Crippen LogP) is 2.07. The van der Waals surface area contributed by atoms with Crippen LogP contribution in [0, 0.1) is 0 Å². The Hall–Kier alpha value is -1.32. The van der Waals surface area contributed by atoms with Gasteiger partial charge in [0.2, 0.25) is 0 Å². The molecule has 1 aliphatic heterocycles. The van der Waals surface area contributed by atoms with Crippen molar-refractivity contribution in [2.24, 2.45) is 0 Å². The predicted molar refractivity (Wildman–Crippen MR) is 74.1 cm³/mol. The van der Waals surface area contributed by atoms with Gasteiger partial charge in [-0.05, 0) is 18.2 Å². The van der Waals surface area contributed by atoms with E-state index in [9.17, 15) is 0 Å². The summed E-state index contributed by atoms with van der Waals surface area (Å²) < 4.78 is 0. The van der Waals surface area contributed by atoms with E-state index >= 15 is 0 Å². The zero-order chi connectivity index (χ0) is 10.8. The van der Waals surface area contributed by atoms with E-state index < -0.39 is 0 Å². The van der Waals surface area contributed by atoms with E-state index in [4.69, 9.17) is 4.98 Å². The normalized spacial score (nSPS) is 15.6. The zero-order valence-electron chi connectivity index (χ0n) is 9.60. The van der Waals surface area contributed by atoms with E-state index in [1.165, 1.54) is 5.39 Å². The Kier molecular flexibility index (Phi) is 3.82. The van der Waals surface area contributed by atoms with Crippen LogP contribution in [-0.2, 0) is 0 Å². The summed E-state index contributed by atoms with van der Waals surface area (Å²) in [6, 6.07) is 12.5. The molecule has 0 bridgehead atoms. The van der Waals surface area contributed by atoms with Crippen LogP contribution >= 0.6 is 12.4 Å². The highest BCUT2D eigenvalue weighted by atomic mass is 35.5. The third kappa shape index (κ3) is 2.51. The fraction of sp³-hybridized carbons (Fsp3) is 0.308. The maximum absolute atomic E-state index is 4.70. The SMILES string of the molecule is Cl.c1ccc2nc(N3CCNCC3)ccc2c1. The van der Waals surface area contributed by atoms with Gasteiger partial charge in [-0.15, -0.1) is 12.4 Å². The number of fused-ring (bicyclic) bond motifs is 1. The van der Waals surface area contributed by atoms with Gasteiger partial charge in [-0.1, -0.05) is 18.2 Å². The van der Waals surface area contributed by atoms with E-state index in [1.54, 1.807) is 0 Å². The Balaban J connectivity index is 0.00000108. The molecule has 0 unspecified atom stereocenters. The highest BCUT2D eigenvalue weighted by Crippen LogP contribution is 2.17. The molecule has 0 aliphatic carbocycles. The minimum absolute atomic E-state index is 0. The molecule has 90 valence electrons. The van der Waals surface area contributed by atoms with Crippen molar-refractivity contribution in [1.29, 1.82) is 0 Å². The van der Waals surface area contributed by atoms with E-state index in [0.717, 1.165) is 37.5 Å². The van der Waals surface area contributed by atoms with Gasteiger partial charge in [-0.2, -0.15) is 0 Å². The molecular formula is C13H16ClN3. The molecule has 0 saturated carbocycles. The fourth-order valence-electron chi connectivity index (χ4n) is 2.13. The van der Waals surface area contributed by atoms with Gasteiger partial charge in [-0.3, -0.25) is 0 Å². The smallest absolute Gasteiger partial charge is 0.129 e. The third-order valence-corrected chi connectivity index (χ3v) is 3.02. The number of hydrogen-bond acceptors (Lipinski definition) is 3. The number of nitrogens with one attached hydrogen (secondary N) is 1. The molecule has 17 heavy (non-hydrogen) atoms. The molecule has 1 N–H and O–H groups in total. The monoisotopic (exact) mass is 249 g/mol. The first-order chi connectivity index (χ1) is 7.93. The van der Waals surface area contributed by atoms with E-state index in [1.807, 2.05) is 6.07 Å². The van der Waals surface area contributed by atoms with Crippen molar-refractivity contribution in [2.75, 3.05) is 31.1 Å². The topological polar surface area (TPSA) is 28.2 Å². The summed E-state index contributed by atoms with van der Waals surface area (Å²) in [6.07, 6.45) is 0. The maximum atomic E-state index is 4.70. The Morgan fingerprint density at radius 1 is 1.00 bits per heavy atom. The van der Waals surface area contributed by atoms with Crippen molar-refractivity contribution in [1.82, 2.24) is 10.3 Å². The molecule has 0 radical (unpaired) electrons. The summed E-state index contributed by atoms with van der Waals surface area (Å²) in [5.41, 5.74) is 1.08. The van der Waals surface area contributed by atoms with Gasteiger partial charge in [0.05, 0.1) is 5.52 Å². The van der Waals surface area contributed by atoms with Crippen LogP contribution in [0.25, 0.3) is 10.9 Å². The second kappa shape index (κ2) is 5.34. The summed E-state index contributed by atoms with van der Waals surface area (Å²) in [5, 5.41) is 4.56. The Morgan fingerprint density at radius 2 is 1.76 bits per heavy atom. The molecule has 1 aromatic heterocycles. The molecule has 4 heteroatoms. The summed E-state index contributed by atoms with van der Waals surface area (Å²) >= 11 is 0. The van der Waals surface area contributed by atoms with Gasteiger partial charge < -0.3 is 10.2 Å². The van der Waals surface area contributed by atoms with Crippen LogP contribution in [0.3, 0.4) is 0 Å². The maximum Gasteiger partial charge on any atom is 0.129 e. The van der Waals surface area contributed by atoms with Crippen molar-refractivity contribution in [3.63, 3.8) is 0 Å². The first-order valence-corrected chi connectivity index (χ1v) is 5.75. The van der Waals surface area contributed by atoms with Crippen LogP contribution in [0.4, 0.5) is 5.82 Å². The van der Waals surface area contributed by atoms with Gasteiger partial charge >= 0.3 is 0 Å². The fourth-order valence-corrected chi connectivity index (χ4v) is 2.13. The lowest BCUT2D eigenvalue weighted by atomic mass is 10.2. The second-order valence-electron chi connectivity index (χ2n) is 4.10. The van der Waals surface area contributed by atoms with Crippen molar-refractivity contribution in [3.05, 3.63) is 36.4 Å². The first kappa shape index (κ1) is 12.1. The molecular weight excluding hydrogens is 234 g/mol. The summed E-state index contributed by atoms with van der Waals surface area (Å²) in [4.78, 5) is 7.03. The molecule has 2 heterocycles. The number of benzene rings is 1. The van der Waals surface area contributed by atoms with E-state index in [0.29, 0.717) is 0 Å². The Morgan fingerprint density at radius 3 is 2.59 bits per heavy atom. The number of aromatic nitrogens is 1. The molecule has 0 atom stereocenters. The van der Waals surface area contributed by atoms with Gasteiger partial charge in [0.15, 0.2) is 0 Å². The Labute approximate surface area is 107 Å². The lowest BCUT2D eigenvalue weighted by molar-refractivity contribution is 0.585. The summed E-state index contributed by atoms with van der Waals surface area (Å²) in [7, 11) is 0. The highest BCUT2D eigenvalue weighted by molar-refractivity contribution is 5.85. The molecule has 0 amide bonds. The standard InChI is InChI=1S/C13H15N3.ClH/c1-2-4-12-11(3-1)5-6-13(15-12)16-9-7-14-8-10-16;/h1-6,14H,7-10H2;1H. The number of halogens is 1. The molecule has 1 saturated heterocycles. The van der Waals surface area contributed by atoms with Gasteiger partial charge in [-0.25, -0.2) is 4.98 Å². The molecule has 3 nitrogen and oxygen atoms in total. The number of rotatable bonds is 1. The number of nitrogens with zero attached hydrogens (tertiary/aromatic N) is 2. The van der Waals surface area contributed by atoms with Crippen molar-refractivity contribution < 1.29 is 0 Å². The average Bonchev–Trinajstić information content (AvgIpc) is 2.39. The van der Waals surface area contributed by atoms with Crippen LogP contribution in [0.15, 0.2) is 36.4 Å². The minimum Gasteiger partial charge on any atom is -0.354 e. The van der Waals surface area contributed by atoms with Crippen LogP contribution in [-0.4, -0.2) is 31.2 Å². The zero-order valence-corrected chi connectivity index (χ0v) is 10.4. The highest BCUT2D eigenvalue weighted by Gasteiger charge is 2.11. The van der Waals surface area contributed by atoms with Gasteiger partial charge in [0.25, 0.3) is 0 Å². The van der Waals surface area contributed by atoms with E-state index in [-0.39, 0.29) is 12.4 Å². The minimum atomic E-state index is 0.